The second-order valence-electron chi connectivity index (χ2n) is 5.67. The molecule has 108 valence electrons. The van der Waals surface area contributed by atoms with Gasteiger partial charge in [-0.15, -0.1) is 0 Å². The van der Waals surface area contributed by atoms with E-state index in [4.69, 9.17) is 11.6 Å². The van der Waals surface area contributed by atoms with Gasteiger partial charge in [0.05, 0.1) is 6.10 Å². The van der Waals surface area contributed by atoms with E-state index in [1.807, 2.05) is 20.8 Å². The van der Waals surface area contributed by atoms with E-state index >= 15 is 0 Å². The molecule has 0 saturated heterocycles. The fraction of sp³-hybridized carbons (Fsp3) is 0.714. The number of aliphatic hydroxyl groups excluding tert-OH is 1. The molecule has 1 unspecified atom stereocenters. The lowest BCUT2D eigenvalue weighted by molar-refractivity contribution is 0.161. The molecule has 0 aliphatic heterocycles. The van der Waals surface area contributed by atoms with Crippen LogP contribution in [0.4, 0.5) is 5.82 Å². The van der Waals surface area contributed by atoms with Gasteiger partial charge in [0.25, 0.3) is 0 Å². The quantitative estimate of drug-likeness (QED) is 0.787. The van der Waals surface area contributed by atoms with Gasteiger partial charge in [0, 0.05) is 18.0 Å². The van der Waals surface area contributed by atoms with E-state index in [1.165, 1.54) is 0 Å². The Labute approximate surface area is 120 Å². The number of aliphatic hydroxyl groups is 1. The van der Waals surface area contributed by atoms with E-state index in [0.29, 0.717) is 23.4 Å². The van der Waals surface area contributed by atoms with Crippen molar-refractivity contribution in [3.63, 3.8) is 0 Å². The highest BCUT2D eigenvalue weighted by Gasteiger charge is 2.13. The first-order valence-corrected chi connectivity index (χ1v) is 7.15. The lowest BCUT2D eigenvalue weighted by Crippen LogP contribution is -2.22. The number of nitrogens with one attached hydrogen (secondary N) is 1. The maximum Gasteiger partial charge on any atom is 0.137 e. The summed E-state index contributed by atoms with van der Waals surface area (Å²) in [5, 5.41) is 13.5. The summed E-state index contributed by atoms with van der Waals surface area (Å²) in [7, 11) is 0. The van der Waals surface area contributed by atoms with Crippen LogP contribution in [-0.2, 0) is 0 Å². The SMILES string of the molecule is Cc1c(Cl)nc(C(C)C)nc1NCC(O)CC(C)C. The summed E-state index contributed by atoms with van der Waals surface area (Å²) < 4.78 is 0. The van der Waals surface area contributed by atoms with Crippen molar-refractivity contribution in [2.24, 2.45) is 5.92 Å². The maximum atomic E-state index is 9.88. The monoisotopic (exact) mass is 285 g/mol. The Kier molecular flexibility index (Phi) is 6.01. The van der Waals surface area contributed by atoms with Crippen molar-refractivity contribution in [2.45, 2.75) is 53.1 Å². The predicted molar refractivity (Wildman–Crippen MR) is 79.8 cm³/mol. The Morgan fingerprint density at radius 2 is 1.84 bits per heavy atom. The maximum absolute atomic E-state index is 9.88. The number of hydrogen-bond donors (Lipinski definition) is 2. The number of rotatable bonds is 6. The Bertz CT molecular complexity index is 421. The predicted octanol–water partition coefficient (Wildman–Crippen LogP) is 3.38. The van der Waals surface area contributed by atoms with Crippen LogP contribution >= 0.6 is 11.6 Å². The van der Waals surface area contributed by atoms with Crippen molar-refractivity contribution in [3.8, 4) is 0 Å². The molecule has 0 spiro atoms. The first-order chi connectivity index (χ1) is 8.81. The molecule has 4 nitrogen and oxygen atoms in total. The zero-order valence-electron chi connectivity index (χ0n) is 12.4. The smallest absolute Gasteiger partial charge is 0.137 e. The number of hydrogen-bond acceptors (Lipinski definition) is 4. The Hall–Kier alpha value is -0.870. The van der Waals surface area contributed by atoms with Crippen molar-refractivity contribution in [1.29, 1.82) is 0 Å². The van der Waals surface area contributed by atoms with Crippen LogP contribution in [0.2, 0.25) is 5.15 Å². The highest BCUT2D eigenvalue weighted by atomic mass is 35.5. The molecule has 0 bridgehead atoms. The molecule has 0 fully saturated rings. The molecular weight excluding hydrogens is 262 g/mol. The lowest BCUT2D eigenvalue weighted by Gasteiger charge is -2.16. The molecule has 19 heavy (non-hydrogen) atoms. The molecule has 0 amide bonds. The number of aromatic nitrogens is 2. The first kappa shape index (κ1) is 16.2. The molecule has 5 heteroatoms. The van der Waals surface area contributed by atoms with Crippen LogP contribution in [0.25, 0.3) is 0 Å². The van der Waals surface area contributed by atoms with Crippen LogP contribution in [0.15, 0.2) is 0 Å². The van der Waals surface area contributed by atoms with Gasteiger partial charge in [0.1, 0.15) is 16.8 Å². The molecule has 1 rings (SSSR count). The highest BCUT2D eigenvalue weighted by molar-refractivity contribution is 6.30. The van der Waals surface area contributed by atoms with Gasteiger partial charge in [0.2, 0.25) is 0 Å². The van der Waals surface area contributed by atoms with E-state index in [0.717, 1.165) is 17.8 Å². The summed E-state index contributed by atoms with van der Waals surface area (Å²) in [6.45, 7) is 10.6. The number of nitrogens with zero attached hydrogens (tertiary/aromatic N) is 2. The third-order valence-electron chi connectivity index (χ3n) is 2.87. The third kappa shape index (κ3) is 4.96. The van der Waals surface area contributed by atoms with E-state index in [9.17, 15) is 5.11 Å². The van der Waals surface area contributed by atoms with Crippen LogP contribution in [0.3, 0.4) is 0 Å². The second kappa shape index (κ2) is 7.06. The van der Waals surface area contributed by atoms with Gasteiger partial charge in [-0.2, -0.15) is 0 Å². The van der Waals surface area contributed by atoms with E-state index in [2.05, 4.69) is 29.1 Å². The Balaban J connectivity index is 2.77. The van der Waals surface area contributed by atoms with Gasteiger partial charge in [-0.3, -0.25) is 0 Å². The lowest BCUT2D eigenvalue weighted by atomic mass is 10.1. The molecule has 0 aromatic carbocycles. The minimum absolute atomic E-state index is 0.222. The second-order valence-corrected chi connectivity index (χ2v) is 6.02. The normalized spacial score (nSPS) is 13.1. The van der Waals surface area contributed by atoms with Gasteiger partial charge in [-0.05, 0) is 19.3 Å². The fourth-order valence-corrected chi connectivity index (χ4v) is 1.95. The van der Waals surface area contributed by atoms with Crippen molar-refractivity contribution in [2.75, 3.05) is 11.9 Å². The molecule has 1 aromatic heterocycles. The van der Waals surface area contributed by atoms with Crippen LogP contribution in [0, 0.1) is 12.8 Å². The summed E-state index contributed by atoms with van der Waals surface area (Å²) >= 11 is 6.11. The first-order valence-electron chi connectivity index (χ1n) is 6.77. The largest absolute Gasteiger partial charge is 0.391 e. The zero-order chi connectivity index (χ0) is 14.6. The van der Waals surface area contributed by atoms with Gasteiger partial charge in [0.15, 0.2) is 0 Å². The van der Waals surface area contributed by atoms with Gasteiger partial charge >= 0.3 is 0 Å². The summed E-state index contributed by atoms with van der Waals surface area (Å²) in [6, 6.07) is 0. The standard InChI is InChI=1S/C14H24ClN3O/c1-8(2)6-11(19)7-16-14-10(5)12(15)17-13(18-14)9(3)4/h8-9,11,19H,6-7H2,1-5H3,(H,16,17,18). The van der Waals surface area contributed by atoms with E-state index in [-0.39, 0.29) is 12.0 Å². The molecule has 0 aliphatic rings. The minimum atomic E-state index is -0.379. The fourth-order valence-electron chi connectivity index (χ4n) is 1.78. The molecule has 1 atom stereocenters. The van der Waals surface area contributed by atoms with Gasteiger partial charge in [-0.1, -0.05) is 39.3 Å². The van der Waals surface area contributed by atoms with Crippen molar-refractivity contribution < 1.29 is 5.11 Å². The van der Waals surface area contributed by atoms with Gasteiger partial charge < -0.3 is 10.4 Å². The molecule has 0 radical (unpaired) electrons. The third-order valence-corrected chi connectivity index (χ3v) is 3.24. The molecule has 2 N–H and O–H groups in total. The Morgan fingerprint density at radius 1 is 1.21 bits per heavy atom. The van der Waals surface area contributed by atoms with Gasteiger partial charge in [-0.25, -0.2) is 9.97 Å². The zero-order valence-corrected chi connectivity index (χ0v) is 13.1. The number of halogens is 1. The van der Waals surface area contributed by atoms with Crippen molar-refractivity contribution >= 4 is 17.4 Å². The summed E-state index contributed by atoms with van der Waals surface area (Å²) in [5.41, 5.74) is 0.822. The van der Waals surface area contributed by atoms with Crippen LogP contribution in [0.5, 0.6) is 0 Å². The van der Waals surface area contributed by atoms with E-state index < -0.39 is 0 Å². The van der Waals surface area contributed by atoms with Crippen LogP contribution < -0.4 is 5.32 Å². The van der Waals surface area contributed by atoms with E-state index in [1.54, 1.807) is 0 Å². The Morgan fingerprint density at radius 3 is 2.37 bits per heavy atom. The molecule has 0 aliphatic carbocycles. The van der Waals surface area contributed by atoms with Crippen LogP contribution in [-0.4, -0.2) is 27.7 Å². The molecule has 1 aromatic rings. The summed E-state index contributed by atoms with van der Waals surface area (Å²) in [6.07, 6.45) is 0.387. The highest BCUT2D eigenvalue weighted by Crippen LogP contribution is 2.23. The average molecular weight is 286 g/mol. The van der Waals surface area contributed by atoms with Crippen molar-refractivity contribution in [1.82, 2.24) is 9.97 Å². The summed E-state index contributed by atoms with van der Waals surface area (Å²) in [5.74, 6) is 2.13. The van der Waals surface area contributed by atoms with Crippen LogP contribution in [0.1, 0.15) is 51.4 Å². The molecule has 0 saturated carbocycles. The molecular formula is C14H24ClN3O. The summed E-state index contributed by atoms with van der Waals surface area (Å²) in [4.78, 5) is 8.73. The average Bonchev–Trinajstić information content (AvgIpc) is 2.29. The van der Waals surface area contributed by atoms with Crippen molar-refractivity contribution in [3.05, 3.63) is 16.5 Å². The topological polar surface area (TPSA) is 58.0 Å². The minimum Gasteiger partial charge on any atom is -0.391 e. The number of anilines is 1. The molecule has 1 heterocycles.